The molecule has 6 nitrogen and oxygen atoms in total. The van der Waals surface area contributed by atoms with E-state index in [-0.39, 0.29) is 6.54 Å². The zero-order valence-electron chi connectivity index (χ0n) is 14.1. The number of aromatic nitrogens is 2. The highest BCUT2D eigenvalue weighted by atomic mass is 16.4. The number of imidazole rings is 1. The minimum atomic E-state index is -1.04. The molecule has 0 spiro atoms. The van der Waals surface area contributed by atoms with Gasteiger partial charge < -0.3 is 20.1 Å². The van der Waals surface area contributed by atoms with E-state index in [4.69, 9.17) is 0 Å². The summed E-state index contributed by atoms with van der Waals surface area (Å²) in [5.41, 5.74) is 0. The molecule has 1 N–H and O–H groups in total. The molecule has 0 unspecified atom stereocenters. The fourth-order valence-corrected chi connectivity index (χ4v) is 2.44. The molecule has 0 aliphatic carbocycles. The predicted octanol–water partition coefficient (Wildman–Crippen LogP) is -0.374. The van der Waals surface area contributed by atoms with Crippen molar-refractivity contribution in [3.8, 4) is 0 Å². The predicted molar refractivity (Wildman–Crippen MR) is 84.1 cm³/mol. The maximum Gasteiger partial charge on any atom is 0.243 e. The van der Waals surface area contributed by atoms with Crippen LogP contribution in [0.3, 0.4) is 0 Å². The van der Waals surface area contributed by atoms with Crippen LogP contribution in [-0.2, 0) is 17.9 Å². The highest BCUT2D eigenvalue weighted by Gasteiger charge is 2.16. The molecule has 6 heteroatoms. The Morgan fingerprint density at radius 2 is 2.27 bits per heavy atom. The first-order valence-electron chi connectivity index (χ1n) is 8.14. The van der Waals surface area contributed by atoms with Crippen LogP contribution < -0.4 is 15.0 Å². The van der Waals surface area contributed by atoms with Crippen LogP contribution >= 0.6 is 0 Å². The maximum absolute atomic E-state index is 9.66. The molecule has 1 aromatic heterocycles. The van der Waals surface area contributed by atoms with Gasteiger partial charge in [0.1, 0.15) is 18.9 Å². The number of nitrogens with zero attached hydrogens (tertiary/aromatic N) is 3. The number of nitrogens with one attached hydrogen (secondary N) is 1. The van der Waals surface area contributed by atoms with Crippen molar-refractivity contribution in [1.29, 1.82) is 0 Å². The number of aliphatic carboxylic acids is 1. The number of hydrogen-bond donors (Lipinski definition) is 1. The second-order valence-electron chi connectivity index (χ2n) is 6.10. The maximum atomic E-state index is 9.66. The molecule has 1 fully saturated rings. The number of carbonyl (C=O) groups is 1. The van der Waals surface area contributed by atoms with Crippen LogP contribution in [0.15, 0.2) is 18.7 Å². The Balaban J connectivity index is 0.000000295. The van der Waals surface area contributed by atoms with E-state index >= 15 is 0 Å². The number of aryl methyl sites for hydroxylation is 1. The van der Waals surface area contributed by atoms with E-state index in [0.29, 0.717) is 6.04 Å². The fourth-order valence-electron chi connectivity index (χ4n) is 2.44. The van der Waals surface area contributed by atoms with Crippen LogP contribution in [0.5, 0.6) is 0 Å². The summed E-state index contributed by atoms with van der Waals surface area (Å²) in [6.45, 7) is 5.71. The molecule has 1 aromatic rings. The molecule has 1 aliphatic rings. The first-order chi connectivity index (χ1) is 10.5. The van der Waals surface area contributed by atoms with Gasteiger partial charge >= 0.3 is 0 Å². The Bertz CT molecular complexity index is 426. The fraction of sp³-hybridized carbons (Fsp3) is 0.750. The molecule has 1 aliphatic heterocycles. The molecule has 126 valence electrons. The summed E-state index contributed by atoms with van der Waals surface area (Å²) in [7, 11) is 3.35. The third-order valence-corrected chi connectivity index (χ3v) is 3.56. The third-order valence-electron chi connectivity index (χ3n) is 3.56. The molecule has 1 atom stereocenters. The Morgan fingerprint density at radius 3 is 2.77 bits per heavy atom. The van der Waals surface area contributed by atoms with Crippen LogP contribution in [0.25, 0.3) is 0 Å². The molecule has 1 saturated heterocycles. The van der Waals surface area contributed by atoms with Crippen molar-refractivity contribution in [2.75, 3.05) is 27.2 Å². The van der Waals surface area contributed by atoms with Crippen molar-refractivity contribution in [3.05, 3.63) is 18.7 Å². The molecule has 0 radical (unpaired) electrons. The summed E-state index contributed by atoms with van der Waals surface area (Å²) in [5.74, 6) is -1.04. The molecule has 22 heavy (non-hydrogen) atoms. The number of carbonyl (C=O) groups excluding carboxylic acids is 1. The standard InChI is InChI=1S/C12H22N3.C4H9NO2/c1-2-3-7-14-8-9-15(11-14)10-12-5-4-6-13-12;1-5(2)3-4(6)7/h8-9,11-13H,2-7,10H2,1H3;3H2,1-2H3,(H,6,7)/q+1;/p-1/t12-;/m0./s1. The lowest BCUT2D eigenvalue weighted by Crippen LogP contribution is -2.41. The summed E-state index contributed by atoms with van der Waals surface area (Å²) in [5, 5.41) is 13.2. The minimum Gasteiger partial charge on any atom is -0.549 e. The number of carboxylic acids is 1. The Morgan fingerprint density at radius 1 is 1.50 bits per heavy atom. The van der Waals surface area contributed by atoms with Crippen molar-refractivity contribution >= 4 is 5.97 Å². The van der Waals surface area contributed by atoms with Gasteiger partial charge in [0.05, 0.1) is 12.5 Å². The molecule has 2 rings (SSSR count). The SMILES string of the molecule is CCCCn1cc[n+](C[C@@H]2CCCN2)c1.CN(C)CC(=O)[O-]. The lowest BCUT2D eigenvalue weighted by molar-refractivity contribution is -0.698. The van der Waals surface area contributed by atoms with Crippen molar-refractivity contribution in [3.63, 3.8) is 0 Å². The van der Waals surface area contributed by atoms with Gasteiger partial charge in [-0.25, -0.2) is 9.13 Å². The summed E-state index contributed by atoms with van der Waals surface area (Å²) in [6, 6.07) is 0.692. The summed E-state index contributed by atoms with van der Waals surface area (Å²) >= 11 is 0. The second kappa shape index (κ2) is 10.3. The van der Waals surface area contributed by atoms with Gasteiger partial charge in [0.25, 0.3) is 0 Å². The van der Waals surface area contributed by atoms with Crippen LogP contribution in [0.2, 0.25) is 0 Å². The number of carboxylic acid groups (broad SMARTS) is 1. The Labute approximate surface area is 133 Å². The van der Waals surface area contributed by atoms with Crippen molar-refractivity contribution in [1.82, 2.24) is 14.8 Å². The van der Waals surface area contributed by atoms with Crippen molar-refractivity contribution < 1.29 is 14.5 Å². The zero-order chi connectivity index (χ0) is 16.4. The summed E-state index contributed by atoms with van der Waals surface area (Å²) < 4.78 is 4.59. The lowest BCUT2D eigenvalue weighted by atomic mass is 10.2. The lowest BCUT2D eigenvalue weighted by Gasteiger charge is -2.08. The molecular weight excluding hydrogens is 280 g/mol. The largest absolute Gasteiger partial charge is 0.549 e. The third kappa shape index (κ3) is 8.14. The Hall–Kier alpha value is -1.40. The molecule has 0 bridgehead atoms. The molecule has 0 aromatic carbocycles. The normalized spacial score (nSPS) is 17.4. The van der Waals surface area contributed by atoms with Gasteiger partial charge in [-0.05, 0) is 39.9 Å². The van der Waals surface area contributed by atoms with Gasteiger partial charge in [-0.1, -0.05) is 13.3 Å². The number of likely N-dealkylation sites (N-methyl/N-ethyl adjacent to an activating group) is 1. The first-order valence-corrected chi connectivity index (χ1v) is 8.14. The van der Waals surface area contributed by atoms with Crippen LogP contribution in [0.1, 0.15) is 32.6 Å². The minimum absolute atomic E-state index is 0. The van der Waals surface area contributed by atoms with E-state index in [1.165, 1.54) is 37.1 Å². The van der Waals surface area contributed by atoms with Gasteiger partial charge in [-0.3, -0.25) is 0 Å². The van der Waals surface area contributed by atoms with Gasteiger partial charge in [0.15, 0.2) is 0 Å². The second-order valence-corrected chi connectivity index (χ2v) is 6.10. The average Bonchev–Trinajstić information content (AvgIpc) is 3.08. The average molecular weight is 310 g/mol. The Kier molecular flexibility index (Phi) is 8.77. The highest BCUT2D eigenvalue weighted by molar-refractivity contribution is 5.66. The van der Waals surface area contributed by atoms with E-state index < -0.39 is 5.97 Å². The van der Waals surface area contributed by atoms with Crippen LogP contribution in [0.4, 0.5) is 0 Å². The van der Waals surface area contributed by atoms with Crippen LogP contribution in [0, 0.1) is 0 Å². The van der Waals surface area contributed by atoms with Gasteiger partial charge in [-0.2, -0.15) is 0 Å². The number of unbranched alkanes of at least 4 members (excludes halogenated alkanes) is 1. The molecule has 0 amide bonds. The van der Waals surface area contributed by atoms with Crippen molar-refractivity contribution in [2.45, 2.75) is 51.7 Å². The number of rotatable bonds is 7. The molecule has 2 heterocycles. The highest BCUT2D eigenvalue weighted by Crippen LogP contribution is 2.04. The monoisotopic (exact) mass is 310 g/mol. The molecular formula is C16H30N4O2. The zero-order valence-corrected chi connectivity index (χ0v) is 14.1. The smallest absolute Gasteiger partial charge is 0.243 e. The van der Waals surface area contributed by atoms with Gasteiger partial charge in [-0.15, -0.1) is 0 Å². The summed E-state index contributed by atoms with van der Waals surface area (Å²) in [4.78, 5) is 11.2. The quantitative estimate of drug-likeness (QED) is 0.698. The van der Waals surface area contributed by atoms with Crippen LogP contribution in [-0.4, -0.2) is 48.7 Å². The van der Waals surface area contributed by atoms with E-state index in [2.05, 4.69) is 40.1 Å². The van der Waals surface area contributed by atoms with E-state index in [9.17, 15) is 9.90 Å². The van der Waals surface area contributed by atoms with E-state index in [1.54, 1.807) is 14.1 Å². The van der Waals surface area contributed by atoms with Gasteiger partial charge in [0, 0.05) is 12.6 Å². The summed E-state index contributed by atoms with van der Waals surface area (Å²) in [6.07, 6.45) is 11.8. The van der Waals surface area contributed by atoms with E-state index in [1.807, 2.05) is 0 Å². The topological polar surface area (TPSA) is 64.2 Å². The number of hydrogen-bond acceptors (Lipinski definition) is 4. The molecule has 0 saturated carbocycles. The van der Waals surface area contributed by atoms with E-state index in [0.717, 1.165) is 13.1 Å². The van der Waals surface area contributed by atoms with Gasteiger partial charge in [0.2, 0.25) is 6.33 Å². The first kappa shape index (κ1) is 18.6. The van der Waals surface area contributed by atoms with Crippen molar-refractivity contribution in [2.24, 2.45) is 0 Å².